The summed E-state index contributed by atoms with van der Waals surface area (Å²) in [5.74, 6) is 0.934. The fourth-order valence-electron chi connectivity index (χ4n) is 2.89. The molecule has 0 radical (unpaired) electrons. The number of hydrogen-bond donors (Lipinski definition) is 2. The summed E-state index contributed by atoms with van der Waals surface area (Å²) in [5, 5.41) is 10.5. The van der Waals surface area contributed by atoms with Crippen molar-refractivity contribution in [1.29, 1.82) is 0 Å². The molecule has 0 amide bonds. The van der Waals surface area contributed by atoms with E-state index in [1.165, 1.54) is 0 Å². The van der Waals surface area contributed by atoms with E-state index in [1.54, 1.807) is 0 Å². The highest BCUT2D eigenvalue weighted by atomic mass is 127. The summed E-state index contributed by atoms with van der Waals surface area (Å²) in [6, 6.07) is 0.839. The normalized spacial score (nSPS) is 12.0. The van der Waals surface area contributed by atoms with Gasteiger partial charge in [0, 0.05) is 51.7 Å². The van der Waals surface area contributed by atoms with Crippen LogP contribution in [-0.2, 0) is 19.8 Å². The molecular formula is C19H30F3IN8. The fraction of sp³-hybridized carbons (Fsp3) is 0.579. The lowest BCUT2D eigenvalue weighted by atomic mass is 10.1. The maximum atomic E-state index is 12.7. The van der Waals surface area contributed by atoms with Crippen LogP contribution >= 0.6 is 24.0 Å². The third kappa shape index (κ3) is 8.15. The van der Waals surface area contributed by atoms with Crippen LogP contribution in [0.5, 0.6) is 0 Å². The van der Waals surface area contributed by atoms with Crippen molar-refractivity contribution in [3.63, 3.8) is 0 Å². The number of nitrogens with zero attached hydrogens (tertiary/aromatic N) is 6. The van der Waals surface area contributed by atoms with E-state index < -0.39 is 11.9 Å². The molecule has 12 heteroatoms. The highest BCUT2D eigenvalue weighted by Gasteiger charge is 2.32. The van der Waals surface area contributed by atoms with Crippen LogP contribution in [0, 0.1) is 0 Å². The molecule has 8 nitrogen and oxygen atoms in total. The quantitative estimate of drug-likeness (QED) is 0.225. The van der Waals surface area contributed by atoms with Crippen LogP contribution in [0.4, 0.5) is 19.1 Å². The summed E-state index contributed by atoms with van der Waals surface area (Å²) in [7, 11) is 3.83. The maximum Gasteiger partial charge on any atom is 0.433 e. The molecule has 0 bridgehead atoms. The summed E-state index contributed by atoms with van der Waals surface area (Å²) in [5.41, 5.74) is 1.19. The van der Waals surface area contributed by atoms with Crippen molar-refractivity contribution in [2.45, 2.75) is 39.4 Å². The van der Waals surface area contributed by atoms with Crippen LogP contribution in [0.2, 0.25) is 0 Å². The zero-order valence-electron chi connectivity index (χ0n) is 18.4. The van der Waals surface area contributed by atoms with Crippen LogP contribution in [0.1, 0.15) is 43.6 Å². The minimum absolute atomic E-state index is 0. The largest absolute Gasteiger partial charge is 0.433 e. The summed E-state index contributed by atoms with van der Waals surface area (Å²) in [6.07, 6.45) is -1.42. The van der Waals surface area contributed by atoms with E-state index in [2.05, 4.69) is 44.5 Å². The van der Waals surface area contributed by atoms with Gasteiger partial charge in [-0.15, -0.1) is 24.0 Å². The number of rotatable bonds is 8. The van der Waals surface area contributed by atoms with Gasteiger partial charge >= 0.3 is 6.18 Å². The Morgan fingerprint density at radius 1 is 1.32 bits per heavy atom. The first-order chi connectivity index (χ1) is 14.1. The van der Waals surface area contributed by atoms with E-state index in [4.69, 9.17) is 0 Å². The Kier molecular flexibility index (Phi) is 10.5. The van der Waals surface area contributed by atoms with Gasteiger partial charge in [0.25, 0.3) is 0 Å². The zero-order valence-corrected chi connectivity index (χ0v) is 20.7. The van der Waals surface area contributed by atoms with Gasteiger partial charge in [0.15, 0.2) is 5.96 Å². The number of halogens is 4. The van der Waals surface area contributed by atoms with E-state index in [1.807, 2.05) is 36.8 Å². The van der Waals surface area contributed by atoms with Crippen LogP contribution in [0.15, 0.2) is 23.5 Å². The molecule has 2 aromatic heterocycles. The first-order valence-electron chi connectivity index (χ1n) is 9.77. The number of aliphatic imine (C=N–C) groups is 1. The van der Waals surface area contributed by atoms with Crippen molar-refractivity contribution in [3.8, 4) is 0 Å². The van der Waals surface area contributed by atoms with Crippen molar-refractivity contribution < 1.29 is 13.2 Å². The summed E-state index contributed by atoms with van der Waals surface area (Å²) < 4.78 is 40.0. The molecule has 2 rings (SSSR count). The second kappa shape index (κ2) is 12.1. The Labute approximate surface area is 197 Å². The molecule has 0 atom stereocenters. The standard InChI is InChI=1S/C19H29F3N8.HI/c1-6-23-18(29(4)11-14-12-30(5)28-16(14)13(2)3)26-10-9-25-17-24-8-7-15(27-17)19(20,21)22;/h7-8,12-13H,6,9-11H2,1-5H3,(H,23,26)(H,24,25,27);1H. The summed E-state index contributed by atoms with van der Waals surface area (Å²) in [4.78, 5) is 13.8. The van der Waals surface area contributed by atoms with E-state index in [0.717, 1.165) is 23.5 Å². The van der Waals surface area contributed by atoms with Crippen LogP contribution in [-0.4, -0.2) is 57.3 Å². The SMILES string of the molecule is CCNC(=NCCNc1nccc(C(F)(F)F)n1)N(C)Cc1cn(C)nc1C(C)C.I. The lowest BCUT2D eigenvalue weighted by molar-refractivity contribution is -0.141. The Morgan fingerprint density at radius 2 is 2.03 bits per heavy atom. The van der Waals surface area contributed by atoms with Gasteiger partial charge in [-0.2, -0.15) is 18.3 Å². The summed E-state index contributed by atoms with van der Waals surface area (Å²) >= 11 is 0. The number of aryl methyl sites for hydroxylation is 1. The Morgan fingerprint density at radius 3 is 2.65 bits per heavy atom. The smallest absolute Gasteiger partial charge is 0.357 e. The second-order valence-electron chi connectivity index (χ2n) is 7.15. The maximum absolute atomic E-state index is 12.7. The van der Waals surface area contributed by atoms with Gasteiger partial charge in [0.05, 0.1) is 12.2 Å². The van der Waals surface area contributed by atoms with Crippen molar-refractivity contribution in [2.24, 2.45) is 12.0 Å². The van der Waals surface area contributed by atoms with Gasteiger partial charge in [-0.3, -0.25) is 9.67 Å². The fourth-order valence-corrected chi connectivity index (χ4v) is 2.89. The molecule has 0 saturated carbocycles. The molecule has 0 aliphatic rings. The minimum atomic E-state index is -4.50. The van der Waals surface area contributed by atoms with Crippen molar-refractivity contribution in [3.05, 3.63) is 35.4 Å². The predicted molar refractivity (Wildman–Crippen MR) is 126 cm³/mol. The van der Waals surface area contributed by atoms with Crippen LogP contribution in [0.25, 0.3) is 0 Å². The van der Waals surface area contributed by atoms with E-state index in [-0.39, 0.29) is 29.9 Å². The first kappa shape index (κ1) is 26.9. The number of aromatic nitrogens is 4. The van der Waals surface area contributed by atoms with Gasteiger partial charge in [0.2, 0.25) is 5.95 Å². The number of hydrogen-bond acceptors (Lipinski definition) is 5. The second-order valence-corrected chi connectivity index (χ2v) is 7.15. The predicted octanol–water partition coefficient (Wildman–Crippen LogP) is 3.48. The number of alkyl halides is 3. The number of nitrogens with one attached hydrogen (secondary N) is 2. The highest BCUT2D eigenvalue weighted by Crippen LogP contribution is 2.27. The molecule has 0 saturated heterocycles. The Balaban J connectivity index is 0.00000480. The molecule has 0 unspecified atom stereocenters. The van der Waals surface area contributed by atoms with Gasteiger partial charge < -0.3 is 15.5 Å². The molecule has 2 N–H and O–H groups in total. The van der Waals surface area contributed by atoms with E-state index in [0.29, 0.717) is 38.1 Å². The zero-order chi connectivity index (χ0) is 22.3. The van der Waals surface area contributed by atoms with Gasteiger partial charge in [-0.25, -0.2) is 9.97 Å². The van der Waals surface area contributed by atoms with Crippen LogP contribution in [0.3, 0.4) is 0 Å². The highest BCUT2D eigenvalue weighted by molar-refractivity contribution is 14.0. The van der Waals surface area contributed by atoms with Gasteiger partial charge in [0.1, 0.15) is 5.69 Å². The monoisotopic (exact) mass is 554 g/mol. The first-order valence-corrected chi connectivity index (χ1v) is 9.77. The van der Waals surface area contributed by atoms with Crippen LogP contribution < -0.4 is 10.6 Å². The molecule has 0 aromatic carbocycles. The van der Waals surface area contributed by atoms with E-state index >= 15 is 0 Å². The van der Waals surface area contributed by atoms with Crippen molar-refractivity contribution >= 4 is 35.9 Å². The lowest BCUT2D eigenvalue weighted by Crippen LogP contribution is -2.39. The molecule has 2 aromatic rings. The lowest BCUT2D eigenvalue weighted by Gasteiger charge is -2.22. The van der Waals surface area contributed by atoms with Gasteiger partial charge in [-0.1, -0.05) is 13.8 Å². The van der Waals surface area contributed by atoms with Crippen molar-refractivity contribution in [2.75, 3.05) is 32.0 Å². The van der Waals surface area contributed by atoms with E-state index in [9.17, 15) is 13.2 Å². The third-order valence-corrected chi connectivity index (χ3v) is 4.19. The molecule has 0 spiro atoms. The molecular weight excluding hydrogens is 524 g/mol. The minimum Gasteiger partial charge on any atom is -0.357 e. The molecule has 0 aliphatic heterocycles. The summed E-state index contributed by atoms with van der Waals surface area (Å²) in [6.45, 7) is 8.15. The van der Waals surface area contributed by atoms with Gasteiger partial charge in [-0.05, 0) is 18.9 Å². The Bertz CT molecular complexity index is 851. The third-order valence-electron chi connectivity index (χ3n) is 4.19. The van der Waals surface area contributed by atoms with Crippen molar-refractivity contribution in [1.82, 2.24) is 30.0 Å². The molecule has 0 aliphatic carbocycles. The average Bonchev–Trinajstić information content (AvgIpc) is 3.04. The molecule has 174 valence electrons. The molecule has 31 heavy (non-hydrogen) atoms. The average molecular weight is 554 g/mol. The molecule has 2 heterocycles. The Hall–Kier alpha value is -2.12. The number of anilines is 1. The molecule has 0 fully saturated rings. The topological polar surface area (TPSA) is 83.3 Å². The number of guanidine groups is 1.